The molecule has 2 aromatic rings. The largest absolute Gasteiger partial charge is 0.479 e. The first-order valence-electron chi connectivity index (χ1n) is 8.47. The number of amides is 1. The fourth-order valence-electron chi connectivity index (χ4n) is 3.08. The Bertz CT molecular complexity index is 926. The van der Waals surface area contributed by atoms with Crippen LogP contribution in [0.2, 0.25) is 5.02 Å². The van der Waals surface area contributed by atoms with E-state index in [-0.39, 0.29) is 11.5 Å². The fourth-order valence-corrected chi connectivity index (χ4v) is 3.29. The molecule has 2 heterocycles. The van der Waals surface area contributed by atoms with E-state index in [2.05, 4.69) is 5.32 Å². The summed E-state index contributed by atoms with van der Waals surface area (Å²) >= 11 is 5.97. The number of hydrogen-bond acceptors (Lipinski definition) is 4. The Morgan fingerprint density at radius 3 is 2.78 bits per heavy atom. The number of ether oxygens (including phenoxy) is 1. The highest BCUT2D eigenvalue weighted by molar-refractivity contribution is 6.30. The van der Waals surface area contributed by atoms with E-state index in [1.54, 1.807) is 25.1 Å². The predicted molar refractivity (Wildman–Crippen MR) is 100.0 cm³/mol. The number of carbonyl (C=O) groups excluding carboxylic acids is 1. The highest BCUT2D eigenvalue weighted by atomic mass is 35.5. The Morgan fingerprint density at radius 1 is 1.33 bits per heavy atom. The van der Waals surface area contributed by atoms with E-state index in [1.165, 1.54) is 22.9 Å². The van der Waals surface area contributed by atoms with E-state index >= 15 is 0 Å². The molecule has 1 aliphatic heterocycles. The van der Waals surface area contributed by atoms with Crippen molar-refractivity contribution in [2.75, 3.05) is 5.32 Å². The minimum atomic E-state index is -1.08. The van der Waals surface area contributed by atoms with Crippen LogP contribution in [0.5, 0.6) is 0 Å². The average Bonchev–Trinajstić information content (AvgIpc) is 3.00. The first-order chi connectivity index (χ1) is 12.8. The van der Waals surface area contributed by atoms with E-state index in [4.69, 9.17) is 21.4 Å². The Labute approximate surface area is 160 Å². The summed E-state index contributed by atoms with van der Waals surface area (Å²) in [5.41, 5.74) is 1.06. The minimum absolute atomic E-state index is 0.218. The molecule has 0 aliphatic carbocycles. The molecule has 0 unspecified atom stereocenters. The molecule has 142 valence electrons. The van der Waals surface area contributed by atoms with Gasteiger partial charge in [-0.25, -0.2) is 4.79 Å². The molecular weight excluding hydrogens is 372 g/mol. The van der Waals surface area contributed by atoms with Crippen LogP contribution in [0.4, 0.5) is 5.69 Å². The number of benzene rings is 1. The number of rotatable bonds is 5. The highest BCUT2D eigenvalue weighted by Crippen LogP contribution is 2.27. The monoisotopic (exact) mass is 390 g/mol. The minimum Gasteiger partial charge on any atom is -0.479 e. The Balaban J connectivity index is 1.72. The maximum absolute atomic E-state index is 12.4. The Morgan fingerprint density at radius 2 is 2.11 bits per heavy atom. The summed E-state index contributed by atoms with van der Waals surface area (Å²) in [6.45, 7) is 2.04. The molecule has 1 aliphatic rings. The van der Waals surface area contributed by atoms with Gasteiger partial charge in [-0.15, -0.1) is 0 Å². The molecule has 1 amide bonds. The second-order valence-electron chi connectivity index (χ2n) is 6.60. The Hall–Kier alpha value is -2.64. The summed E-state index contributed by atoms with van der Waals surface area (Å²) in [7, 11) is 0. The lowest BCUT2D eigenvalue weighted by molar-refractivity contribution is -0.152. The molecule has 1 saturated heterocycles. The molecule has 0 radical (unpaired) electrons. The first kappa shape index (κ1) is 19.1. The summed E-state index contributed by atoms with van der Waals surface area (Å²) in [5.74, 6) is -1.76. The molecule has 3 atom stereocenters. The maximum Gasteiger partial charge on any atom is 0.333 e. The quantitative estimate of drug-likeness (QED) is 0.816. The third-order valence-corrected chi connectivity index (χ3v) is 4.68. The van der Waals surface area contributed by atoms with Crippen molar-refractivity contribution in [2.45, 2.75) is 32.1 Å². The van der Waals surface area contributed by atoms with Crippen LogP contribution in [0.25, 0.3) is 0 Å². The van der Waals surface area contributed by atoms with Crippen LogP contribution in [-0.2, 0) is 20.9 Å². The van der Waals surface area contributed by atoms with Gasteiger partial charge in [0.2, 0.25) is 0 Å². The number of nitrogens with zero attached hydrogens (tertiary/aromatic N) is 1. The molecule has 8 heteroatoms. The molecule has 1 fully saturated rings. The van der Waals surface area contributed by atoms with Crippen LogP contribution in [-0.4, -0.2) is 33.8 Å². The van der Waals surface area contributed by atoms with Gasteiger partial charge in [-0.2, -0.15) is 0 Å². The van der Waals surface area contributed by atoms with Gasteiger partial charge in [-0.05, 0) is 36.1 Å². The van der Waals surface area contributed by atoms with E-state index in [1.807, 2.05) is 6.07 Å². The number of hydrogen-bond donors (Lipinski definition) is 2. The topological polar surface area (TPSA) is 97.6 Å². The standard InChI is InChI=1S/C19H19ClN2O5/c1-11-7-15(27-17(11)19(25)26)18(24)21-14-5-6-16(23)22(10-14)9-12-3-2-4-13(20)8-12/h2-6,8,10-11,15,17H,7,9H2,1H3,(H,21,24)(H,25,26)/t11-,15-,17-/m1/s1. The number of carboxylic acids is 1. The Kier molecular flexibility index (Phi) is 5.62. The first-order valence-corrected chi connectivity index (χ1v) is 8.85. The number of anilines is 1. The smallest absolute Gasteiger partial charge is 0.333 e. The lowest BCUT2D eigenvalue weighted by atomic mass is 10.0. The molecule has 1 aromatic heterocycles. The van der Waals surface area contributed by atoms with E-state index in [9.17, 15) is 14.4 Å². The molecule has 2 N–H and O–H groups in total. The molecule has 0 saturated carbocycles. The van der Waals surface area contributed by atoms with Gasteiger partial charge >= 0.3 is 5.97 Å². The molecule has 7 nitrogen and oxygen atoms in total. The van der Waals surface area contributed by atoms with E-state index in [0.29, 0.717) is 23.7 Å². The highest BCUT2D eigenvalue weighted by Gasteiger charge is 2.40. The summed E-state index contributed by atoms with van der Waals surface area (Å²) in [5, 5.41) is 12.4. The second kappa shape index (κ2) is 7.94. The van der Waals surface area contributed by atoms with Crippen LogP contribution >= 0.6 is 11.6 Å². The lowest BCUT2D eigenvalue weighted by Crippen LogP contribution is -2.31. The van der Waals surface area contributed by atoms with Gasteiger partial charge in [0.1, 0.15) is 6.10 Å². The number of aliphatic carboxylic acids is 1. The summed E-state index contributed by atoms with van der Waals surface area (Å²) in [6.07, 6.45) is 0.0334. The predicted octanol–water partition coefficient (Wildman–Crippen LogP) is 2.37. The van der Waals surface area contributed by atoms with Crippen molar-refractivity contribution in [1.82, 2.24) is 4.57 Å². The number of nitrogens with one attached hydrogen (secondary N) is 1. The van der Waals surface area contributed by atoms with Crippen molar-refractivity contribution >= 4 is 29.2 Å². The molecule has 0 bridgehead atoms. The van der Waals surface area contributed by atoms with Gasteiger partial charge in [-0.1, -0.05) is 30.7 Å². The fraction of sp³-hybridized carbons (Fsp3) is 0.316. The maximum atomic E-state index is 12.4. The van der Waals surface area contributed by atoms with Crippen LogP contribution in [0.15, 0.2) is 47.4 Å². The van der Waals surface area contributed by atoms with Gasteiger partial charge in [0.05, 0.1) is 12.2 Å². The van der Waals surface area contributed by atoms with Crippen LogP contribution in [0.3, 0.4) is 0 Å². The lowest BCUT2D eigenvalue weighted by Gasteiger charge is -2.13. The third kappa shape index (κ3) is 4.56. The van der Waals surface area contributed by atoms with Crippen molar-refractivity contribution in [3.63, 3.8) is 0 Å². The van der Waals surface area contributed by atoms with Gasteiger partial charge in [0.15, 0.2) is 6.10 Å². The second-order valence-corrected chi connectivity index (χ2v) is 7.04. The van der Waals surface area contributed by atoms with Gasteiger partial charge < -0.3 is 19.7 Å². The zero-order valence-electron chi connectivity index (χ0n) is 14.6. The summed E-state index contributed by atoms with van der Waals surface area (Å²) in [6, 6.07) is 10.0. The van der Waals surface area contributed by atoms with Crippen molar-refractivity contribution in [2.24, 2.45) is 5.92 Å². The normalized spacial score (nSPS) is 21.8. The van der Waals surface area contributed by atoms with Crippen molar-refractivity contribution < 1.29 is 19.4 Å². The third-order valence-electron chi connectivity index (χ3n) is 4.44. The number of aromatic nitrogens is 1. The zero-order chi connectivity index (χ0) is 19.6. The van der Waals surface area contributed by atoms with Crippen LogP contribution in [0, 0.1) is 5.92 Å². The van der Waals surface area contributed by atoms with E-state index in [0.717, 1.165) is 5.56 Å². The molecule has 0 spiro atoms. The molecule has 27 heavy (non-hydrogen) atoms. The number of carboxylic acid groups (broad SMARTS) is 1. The molecule has 1 aromatic carbocycles. The van der Waals surface area contributed by atoms with Crippen molar-refractivity contribution in [3.8, 4) is 0 Å². The van der Waals surface area contributed by atoms with Crippen molar-refractivity contribution in [3.05, 3.63) is 63.5 Å². The van der Waals surface area contributed by atoms with Crippen LogP contribution in [0.1, 0.15) is 18.9 Å². The van der Waals surface area contributed by atoms with Gasteiger partial charge in [-0.3, -0.25) is 9.59 Å². The van der Waals surface area contributed by atoms with E-state index < -0.39 is 24.1 Å². The van der Waals surface area contributed by atoms with Gasteiger partial charge in [0, 0.05) is 17.3 Å². The van der Waals surface area contributed by atoms with Crippen molar-refractivity contribution in [1.29, 1.82) is 0 Å². The average molecular weight is 391 g/mol. The summed E-state index contributed by atoms with van der Waals surface area (Å²) < 4.78 is 6.79. The number of carbonyl (C=O) groups is 2. The number of pyridine rings is 1. The van der Waals surface area contributed by atoms with Crippen LogP contribution < -0.4 is 10.9 Å². The summed E-state index contributed by atoms with van der Waals surface area (Å²) in [4.78, 5) is 35.6. The SMILES string of the molecule is C[C@@H]1C[C@H](C(=O)Nc2ccc(=O)n(Cc3cccc(Cl)c3)c2)O[C@H]1C(=O)O. The molecular formula is C19H19ClN2O5. The zero-order valence-corrected chi connectivity index (χ0v) is 15.3. The number of halogens is 1. The van der Waals surface area contributed by atoms with Gasteiger partial charge in [0.25, 0.3) is 11.5 Å². The molecule has 3 rings (SSSR count).